The van der Waals surface area contributed by atoms with Crippen LogP contribution >= 0.6 is 0 Å². The molecule has 0 amide bonds. The fraction of sp³-hybridized carbons (Fsp3) is 0.875. The van der Waals surface area contributed by atoms with Gasteiger partial charge in [-0.2, -0.15) is 13.2 Å². The minimum absolute atomic E-state index is 0.111. The Morgan fingerprint density at radius 3 is 2.47 bits per heavy atom. The first kappa shape index (κ1) is 12.3. The maximum Gasteiger partial charge on any atom is 0.401 e. The number of halogens is 3. The van der Waals surface area contributed by atoms with E-state index in [-0.39, 0.29) is 13.1 Å². The van der Waals surface area contributed by atoms with Gasteiger partial charge in [0, 0.05) is 13.1 Å². The van der Waals surface area contributed by atoms with Crippen molar-refractivity contribution in [2.75, 3.05) is 26.2 Å². The highest BCUT2D eigenvalue weighted by atomic mass is 19.4. The molecule has 1 N–H and O–H groups in total. The van der Waals surface area contributed by atoms with Gasteiger partial charge in [0.05, 0.1) is 12.1 Å². The molecule has 0 unspecified atom stereocenters. The summed E-state index contributed by atoms with van der Waals surface area (Å²) >= 11 is 0. The van der Waals surface area contributed by atoms with E-state index in [9.17, 15) is 18.0 Å². The first-order chi connectivity index (χ1) is 6.70. The number of ether oxygens (including phenoxy) is 1. The molecule has 1 fully saturated rings. The molecule has 88 valence electrons. The summed E-state index contributed by atoms with van der Waals surface area (Å²) in [7, 11) is 0. The first-order valence-electron chi connectivity index (χ1n) is 4.35. The third-order valence-corrected chi connectivity index (χ3v) is 2.06. The molecule has 1 rings (SSSR count). The summed E-state index contributed by atoms with van der Waals surface area (Å²) in [5, 5.41) is 8.33. The Morgan fingerprint density at radius 1 is 1.53 bits per heavy atom. The van der Waals surface area contributed by atoms with Crippen molar-refractivity contribution in [3.63, 3.8) is 0 Å². The number of alkyl halides is 3. The highest BCUT2D eigenvalue weighted by molar-refractivity contribution is 5.68. The number of carbonyl (C=O) groups is 1. The van der Waals surface area contributed by atoms with Gasteiger partial charge in [0.25, 0.3) is 0 Å². The number of rotatable bonds is 4. The van der Waals surface area contributed by atoms with E-state index < -0.39 is 30.9 Å². The zero-order chi connectivity index (χ0) is 11.7. The summed E-state index contributed by atoms with van der Waals surface area (Å²) in [5.41, 5.74) is -0.760. The van der Waals surface area contributed by atoms with E-state index in [4.69, 9.17) is 9.84 Å². The van der Waals surface area contributed by atoms with Crippen molar-refractivity contribution >= 4 is 5.97 Å². The Morgan fingerprint density at radius 2 is 2.07 bits per heavy atom. The van der Waals surface area contributed by atoms with Gasteiger partial charge in [-0.05, 0) is 6.92 Å². The molecule has 1 aliphatic rings. The van der Waals surface area contributed by atoms with E-state index in [0.717, 1.165) is 0 Å². The number of hydrogen-bond donors (Lipinski definition) is 1. The van der Waals surface area contributed by atoms with Gasteiger partial charge in [0.1, 0.15) is 6.61 Å². The van der Waals surface area contributed by atoms with Crippen LogP contribution in [0.5, 0.6) is 0 Å². The lowest BCUT2D eigenvalue weighted by Gasteiger charge is -2.47. The van der Waals surface area contributed by atoms with Crippen molar-refractivity contribution in [1.29, 1.82) is 0 Å². The molecular weight excluding hydrogens is 215 g/mol. The highest BCUT2D eigenvalue weighted by Gasteiger charge is 2.44. The molecule has 1 aliphatic heterocycles. The highest BCUT2D eigenvalue weighted by Crippen LogP contribution is 2.28. The molecule has 0 aromatic rings. The van der Waals surface area contributed by atoms with Crippen LogP contribution in [0.3, 0.4) is 0 Å². The number of likely N-dealkylation sites (tertiary alicyclic amines) is 1. The normalized spacial score (nSPS) is 21.1. The lowest BCUT2D eigenvalue weighted by molar-refractivity contribution is -0.198. The summed E-state index contributed by atoms with van der Waals surface area (Å²) in [6.45, 7) is 0.373. The van der Waals surface area contributed by atoms with Crippen LogP contribution in [0.4, 0.5) is 13.2 Å². The van der Waals surface area contributed by atoms with Gasteiger partial charge in [-0.3, -0.25) is 4.90 Å². The molecule has 0 atom stereocenters. The topological polar surface area (TPSA) is 49.8 Å². The predicted octanol–water partition coefficient (Wildman–Crippen LogP) is 0.724. The van der Waals surface area contributed by atoms with Gasteiger partial charge in [0.15, 0.2) is 0 Å². The molecule has 0 spiro atoms. The zero-order valence-electron chi connectivity index (χ0n) is 8.17. The van der Waals surface area contributed by atoms with Crippen LogP contribution in [0.1, 0.15) is 6.92 Å². The molecule has 7 heteroatoms. The van der Waals surface area contributed by atoms with Gasteiger partial charge in [0.2, 0.25) is 0 Å². The largest absolute Gasteiger partial charge is 0.480 e. The Bertz CT molecular complexity index is 248. The third kappa shape index (κ3) is 4.05. The van der Waals surface area contributed by atoms with Gasteiger partial charge < -0.3 is 9.84 Å². The molecule has 0 aromatic carbocycles. The first-order valence-corrected chi connectivity index (χ1v) is 4.35. The molecule has 0 aromatic heterocycles. The van der Waals surface area contributed by atoms with Crippen LogP contribution in [0, 0.1) is 0 Å². The molecule has 0 radical (unpaired) electrons. The Kier molecular flexibility index (Phi) is 3.25. The smallest absolute Gasteiger partial charge is 0.401 e. The number of carboxylic acids is 1. The van der Waals surface area contributed by atoms with E-state index in [1.165, 1.54) is 4.90 Å². The van der Waals surface area contributed by atoms with Crippen LogP contribution < -0.4 is 0 Å². The minimum atomic E-state index is -4.21. The zero-order valence-corrected chi connectivity index (χ0v) is 8.17. The third-order valence-electron chi connectivity index (χ3n) is 2.06. The molecular formula is C8H12F3NO3. The number of nitrogens with zero attached hydrogens (tertiary/aromatic N) is 1. The van der Waals surface area contributed by atoms with Gasteiger partial charge in [-0.1, -0.05) is 0 Å². The minimum Gasteiger partial charge on any atom is -0.480 e. The second-order valence-electron chi connectivity index (χ2n) is 3.89. The van der Waals surface area contributed by atoms with E-state index in [2.05, 4.69) is 0 Å². The summed E-state index contributed by atoms with van der Waals surface area (Å²) in [5.74, 6) is -1.12. The molecule has 0 aliphatic carbocycles. The number of carboxylic acid groups (broad SMARTS) is 1. The van der Waals surface area contributed by atoms with E-state index in [1.807, 2.05) is 0 Å². The monoisotopic (exact) mass is 227 g/mol. The van der Waals surface area contributed by atoms with Crippen molar-refractivity contribution in [2.45, 2.75) is 18.7 Å². The maximum absolute atomic E-state index is 11.9. The predicted molar refractivity (Wildman–Crippen MR) is 44.5 cm³/mol. The summed E-state index contributed by atoms with van der Waals surface area (Å²) in [6.07, 6.45) is -4.21. The van der Waals surface area contributed by atoms with Crippen LogP contribution in [0.25, 0.3) is 0 Å². The average Bonchev–Trinajstić information content (AvgIpc) is 1.95. The number of hydrogen-bond acceptors (Lipinski definition) is 3. The van der Waals surface area contributed by atoms with Gasteiger partial charge in [-0.25, -0.2) is 4.79 Å². The Labute approximate surface area is 84.6 Å². The van der Waals surface area contributed by atoms with Crippen molar-refractivity contribution in [3.8, 4) is 0 Å². The van der Waals surface area contributed by atoms with E-state index >= 15 is 0 Å². The fourth-order valence-electron chi connectivity index (χ4n) is 1.59. The van der Waals surface area contributed by atoms with E-state index in [1.54, 1.807) is 6.92 Å². The Hall–Kier alpha value is -0.820. The number of aliphatic carboxylic acids is 1. The summed E-state index contributed by atoms with van der Waals surface area (Å²) in [4.78, 5) is 11.3. The van der Waals surface area contributed by atoms with Crippen LogP contribution in [0.2, 0.25) is 0 Å². The van der Waals surface area contributed by atoms with Crippen LogP contribution in [0.15, 0.2) is 0 Å². The average molecular weight is 227 g/mol. The molecule has 0 bridgehead atoms. The van der Waals surface area contributed by atoms with Crippen molar-refractivity contribution in [2.24, 2.45) is 0 Å². The van der Waals surface area contributed by atoms with Gasteiger partial charge in [-0.15, -0.1) is 0 Å². The Balaban J connectivity index is 2.26. The van der Waals surface area contributed by atoms with Crippen molar-refractivity contribution < 1.29 is 27.8 Å². The lowest BCUT2D eigenvalue weighted by Crippen LogP contribution is -2.63. The molecule has 15 heavy (non-hydrogen) atoms. The van der Waals surface area contributed by atoms with Crippen LogP contribution in [-0.4, -0.2) is 54.0 Å². The molecule has 0 saturated carbocycles. The maximum atomic E-state index is 11.9. The second-order valence-corrected chi connectivity index (χ2v) is 3.89. The standard InChI is InChI=1S/C8H12F3NO3/c1-7(15-2-6(13)14)3-12(4-7)5-8(9,10)11/h2-5H2,1H3,(H,13,14). The van der Waals surface area contributed by atoms with Crippen molar-refractivity contribution in [1.82, 2.24) is 4.90 Å². The molecule has 4 nitrogen and oxygen atoms in total. The second kappa shape index (κ2) is 3.97. The summed E-state index contributed by atoms with van der Waals surface area (Å²) in [6, 6.07) is 0. The van der Waals surface area contributed by atoms with Gasteiger partial charge >= 0.3 is 12.1 Å². The quantitative estimate of drug-likeness (QED) is 0.769. The van der Waals surface area contributed by atoms with Crippen molar-refractivity contribution in [3.05, 3.63) is 0 Å². The lowest BCUT2D eigenvalue weighted by atomic mass is 9.96. The summed E-state index contributed by atoms with van der Waals surface area (Å²) < 4.78 is 40.7. The fourth-order valence-corrected chi connectivity index (χ4v) is 1.59. The molecule has 1 saturated heterocycles. The SMILES string of the molecule is CC1(OCC(=O)O)CN(CC(F)(F)F)C1. The molecule has 1 heterocycles. The van der Waals surface area contributed by atoms with E-state index in [0.29, 0.717) is 0 Å². The van der Waals surface area contributed by atoms with Crippen LogP contribution in [-0.2, 0) is 9.53 Å².